The first-order valence-corrected chi connectivity index (χ1v) is 12.2. The van der Waals surface area contributed by atoms with E-state index in [1.807, 2.05) is 60.7 Å². The predicted octanol–water partition coefficient (Wildman–Crippen LogP) is 4.86. The zero-order valence-electron chi connectivity index (χ0n) is 18.3. The van der Waals surface area contributed by atoms with Gasteiger partial charge in [0.2, 0.25) is 5.78 Å². The summed E-state index contributed by atoms with van der Waals surface area (Å²) in [6.07, 6.45) is -0.538. The zero-order valence-corrected chi connectivity index (χ0v) is 19.2. The van der Waals surface area contributed by atoms with Crippen molar-refractivity contribution >= 4 is 13.4 Å². The van der Waals surface area contributed by atoms with Gasteiger partial charge in [-0.15, -0.1) is 0 Å². The van der Waals surface area contributed by atoms with Crippen molar-refractivity contribution in [3.63, 3.8) is 0 Å². The zero-order chi connectivity index (χ0) is 22.8. The molecule has 0 fully saturated rings. The van der Waals surface area contributed by atoms with Crippen LogP contribution in [0.3, 0.4) is 0 Å². The molecule has 0 aliphatic carbocycles. The number of ether oxygens (including phenoxy) is 3. The summed E-state index contributed by atoms with van der Waals surface area (Å²) in [6.45, 7) is 4.30. The maximum atomic E-state index is 13.3. The molecule has 0 amide bonds. The first-order chi connectivity index (χ1) is 15.6. The van der Waals surface area contributed by atoms with Gasteiger partial charge in [0, 0.05) is 0 Å². The van der Waals surface area contributed by atoms with Crippen molar-refractivity contribution in [2.24, 2.45) is 0 Å². The van der Waals surface area contributed by atoms with Crippen molar-refractivity contribution in [3.05, 3.63) is 83.4 Å². The first kappa shape index (κ1) is 24.4. The van der Waals surface area contributed by atoms with Crippen molar-refractivity contribution < 1.29 is 32.6 Å². The molecular formula is C24H29O7P. The van der Waals surface area contributed by atoms with Gasteiger partial charge < -0.3 is 23.3 Å². The molecule has 8 heteroatoms. The molecule has 172 valence electrons. The highest BCUT2D eigenvalue weighted by molar-refractivity contribution is 7.60. The summed E-state index contributed by atoms with van der Waals surface area (Å²) in [6, 6.07) is 19.2. The molecule has 2 atom stereocenters. The van der Waals surface area contributed by atoms with Crippen molar-refractivity contribution in [2.75, 3.05) is 19.8 Å². The Hall–Kier alpha value is -2.28. The van der Waals surface area contributed by atoms with Crippen LogP contribution in [0.25, 0.3) is 0 Å². The van der Waals surface area contributed by atoms with Crippen LogP contribution >= 0.6 is 7.60 Å². The van der Waals surface area contributed by atoms with Gasteiger partial charge in [0.25, 0.3) is 0 Å². The number of ketones is 1. The number of benzene rings is 2. The fraction of sp³-hybridized carbons (Fsp3) is 0.375. The van der Waals surface area contributed by atoms with Crippen LogP contribution < -0.4 is 0 Å². The topological polar surface area (TPSA) is 80.3 Å². The molecule has 0 N–H and O–H groups in total. The van der Waals surface area contributed by atoms with Crippen molar-refractivity contribution in [1.82, 2.24) is 0 Å². The lowest BCUT2D eigenvalue weighted by Crippen LogP contribution is -2.44. The van der Waals surface area contributed by atoms with E-state index < -0.39 is 25.6 Å². The molecule has 32 heavy (non-hydrogen) atoms. The van der Waals surface area contributed by atoms with Crippen LogP contribution in [-0.4, -0.2) is 37.8 Å². The van der Waals surface area contributed by atoms with E-state index in [4.69, 9.17) is 23.3 Å². The molecule has 1 heterocycles. The van der Waals surface area contributed by atoms with Crippen LogP contribution in [0.15, 0.2) is 72.2 Å². The Morgan fingerprint density at radius 3 is 2.00 bits per heavy atom. The molecule has 2 aromatic rings. The molecule has 1 aliphatic heterocycles. The van der Waals surface area contributed by atoms with Gasteiger partial charge >= 0.3 is 7.60 Å². The number of Topliss-reactive ketones (excluding diaryl/α,β-unsaturated/α-hetero) is 1. The van der Waals surface area contributed by atoms with Crippen LogP contribution in [0.1, 0.15) is 25.0 Å². The lowest BCUT2D eigenvalue weighted by molar-refractivity contribution is -0.144. The summed E-state index contributed by atoms with van der Waals surface area (Å²) in [5, 5.41) is -0.140. The quantitative estimate of drug-likeness (QED) is 0.418. The van der Waals surface area contributed by atoms with Gasteiger partial charge in [0.15, 0.2) is 12.2 Å². The maximum absolute atomic E-state index is 13.3. The maximum Gasteiger partial charge on any atom is 0.368 e. The number of rotatable bonds is 12. The lowest BCUT2D eigenvalue weighted by Gasteiger charge is -2.32. The minimum Gasteiger partial charge on any atom is -0.491 e. The summed E-state index contributed by atoms with van der Waals surface area (Å²) < 4.78 is 41.4. The van der Waals surface area contributed by atoms with E-state index in [1.165, 1.54) is 6.26 Å². The van der Waals surface area contributed by atoms with Crippen molar-refractivity contribution in [1.29, 1.82) is 0 Å². The summed E-state index contributed by atoms with van der Waals surface area (Å²) in [7, 11) is -3.82. The summed E-state index contributed by atoms with van der Waals surface area (Å²) in [5.74, 6) is -0.481. The van der Waals surface area contributed by atoms with Crippen LogP contribution in [-0.2, 0) is 45.8 Å². The second kappa shape index (κ2) is 12.1. The smallest absolute Gasteiger partial charge is 0.368 e. The van der Waals surface area contributed by atoms with Crippen LogP contribution in [0.5, 0.6) is 0 Å². The molecule has 0 radical (unpaired) electrons. The Balaban J connectivity index is 1.76. The SMILES string of the molecule is CCOP(=O)(OCC)C1=CO[C@H](COCc2ccccc2)[C@@H](OCc2ccccc2)C1=O. The van der Waals surface area contributed by atoms with E-state index in [1.54, 1.807) is 13.8 Å². The molecule has 2 aromatic carbocycles. The Morgan fingerprint density at radius 1 is 0.875 bits per heavy atom. The van der Waals surface area contributed by atoms with Gasteiger partial charge in [-0.25, -0.2) is 0 Å². The minimum absolute atomic E-state index is 0.122. The second-order valence-corrected chi connectivity index (χ2v) is 9.09. The fourth-order valence-corrected chi connectivity index (χ4v) is 4.87. The third-order valence-corrected chi connectivity index (χ3v) is 6.87. The van der Waals surface area contributed by atoms with Gasteiger partial charge in [0.1, 0.15) is 11.6 Å². The average molecular weight is 460 g/mol. The van der Waals surface area contributed by atoms with Crippen molar-refractivity contribution in [3.8, 4) is 0 Å². The molecular weight excluding hydrogens is 431 g/mol. The second-order valence-electron chi connectivity index (χ2n) is 7.09. The normalized spacial score (nSPS) is 18.8. The average Bonchev–Trinajstić information content (AvgIpc) is 2.80. The molecule has 0 spiro atoms. The number of hydrogen-bond acceptors (Lipinski definition) is 7. The van der Waals surface area contributed by atoms with Crippen LogP contribution in [0.4, 0.5) is 0 Å². The summed E-state index contributed by atoms with van der Waals surface area (Å²) in [5.41, 5.74) is 1.91. The minimum atomic E-state index is -3.82. The Bertz CT molecular complexity index is 920. The van der Waals surface area contributed by atoms with Gasteiger partial charge in [-0.05, 0) is 25.0 Å². The number of hydrogen-bond donors (Lipinski definition) is 0. The third-order valence-electron chi connectivity index (χ3n) is 4.76. The number of carbonyl (C=O) groups excluding carboxylic acids is 1. The highest BCUT2D eigenvalue weighted by atomic mass is 31.2. The van der Waals surface area contributed by atoms with Gasteiger partial charge in [-0.2, -0.15) is 0 Å². The monoisotopic (exact) mass is 460 g/mol. The molecule has 0 saturated heterocycles. The van der Waals surface area contributed by atoms with Gasteiger partial charge in [-0.1, -0.05) is 60.7 Å². The molecule has 3 rings (SSSR count). The van der Waals surface area contributed by atoms with E-state index in [-0.39, 0.29) is 31.7 Å². The van der Waals surface area contributed by atoms with Gasteiger partial charge in [0.05, 0.1) is 33.0 Å². The molecule has 0 saturated carbocycles. The summed E-state index contributed by atoms with van der Waals surface area (Å²) in [4.78, 5) is 13.3. The van der Waals surface area contributed by atoms with E-state index in [2.05, 4.69) is 0 Å². The van der Waals surface area contributed by atoms with E-state index >= 15 is 0 Å². The van der Waals surface area contributed by atoms with Crippen LogP contribution in [0, 0.1) is 0 Å². The molecule has 0 unspecified atom stereocenters. The lowest BCUT2D eigenvalue weighted by atomic mass is 10.1. The Morgan fingerprint density at radius 2 is 1.44 bits per heavy atom. The number of carbonyl (C=O) groups is 1. The largest absolute Gasteiger partial charge is 0.491 e. The fourth-order valence-electron chi connectivity index (χ4n) is 3.25. The van der Waals surface area contributed by atoms with Gasteiger partial charge in [-0.3, -0.25) is 9.36 Å². The third kappa shape index (κ3) is 6.37. The molecule has 1 aliphatic rings. The Kier molecular flexibility index (Phi) is 9.21. The first-order valence-electron chi connectivity index (χ1n) is 10.6. The standard InChI is InChI=1S/C24H29O7P/c1-3-30-32(26,31-4-2)22-18-28-21(17-27-15-19-11-7-5-8-12-19)24(23(22)25)29-16-20-13-9-6-10-14-20/h5-14,18,21,24H,3-4,15-17H2,1-2H3/t21-,24-/m1/s1. The Labute approximate surface area is 188 Å². The highest BCUT2D eigenvalue weighted by Crippen LogP contribution is 2.57. The van der Waals surface area contributed by atoms with Crippen molar-refractivity contribution in [2.45, 2.75) is 39.3 Å². The van der Waals surface area contributed by atoms with Crippen LogP contribution in [0.2, 0.25) is 0 Å². The molecule has 0 aromatic heterocycles. The van der Waals surface area contributed by atoms with E-state index in [9.17, 15) is 9.36 Å². The molecule has 7 nitrogen and oxygen atoms in total. The van der Waals surface area contributed by atoms with E-state index in [0.29, 0.717) is 6.61 Å². The summed E-state index contributed by atoms with van der Waals surface area (Å²) >= 11 is 0. The van der Waals surface area contributed by atoms with E-state index in [0.717, 1.165) is 11.1 Å². The molecule has 0 bridgehead atoms. The highest BCUT2D eigenvalue weighted by Gasteiger charge is 2.45. The predicted molar refractivity (Wildman–Crippen MR) is 120 cm³/mol.